The second-order valence-electron chi connectivity index (χ2n) is 6.36. The lowest BCUT2D eigenvalue weighted by atomic mass is 10.1. The van der Waals surface area contributed by atoms with Crippen molar-refractivity contribution in [1.82, 2.24) is 10.2 Å². The number of rotatable bonds is 5. The van der Waals surface area contributed by atoms with Gasteiger partial charge in [-0.15, -0.1) is 0 Å². The van der Waals surface area contributed by atoms with Gasteiger partial charge < -0.3 is 5.32 Å². The van der Waals surface area contributed by atoms with Gasteiger partial charge in [-0.2, -0.15) is 11.8 Å². The number of hydrogen-bond acceptors (Lipinski definition) is 3. The zero-order valence-electron chi connectivity index (χ0n) is 14.4. The minimum Gasteiger partial charge on any atom is -0.350 e. The molecule has 1 N–H and O–H groups in total. The van der Waals surface area contributed by atoms with Crippen molar-refractivity contribution in [2.24, 2.45) is 0 Å². The van der Waals surface area contributed by atoms with Crippen LogP contribution in [0.25, 0.3) is 0 Å². The van der Waals surface area contributed by atoms with Crippen LogP contribution in [0.5, 0.6) is 0 Å². The highest BCUT2D eigenvalue weighted by Crippen LogP contribution is 2.19. The number of nitrogens with zero attached hydrogens (tertiary/aromatic N) is 1. The monoisotopic (exact) mass is 358 g/mol. The number of carbonyl (C=O) groups excluding carboxylic acids is 1. The topological polar surface area (TPSA) is 32.3 Å². The van der Waals surface area contributed by atoms with Gasteiger partial charge in [0.25, 0.3) is 5.91 Å². The maximum atomic E-state index is 13.6. The first-order valence-electron chi connectivity index (χ1n) is 8.53. The van der Waals surface area contributed by atoms with Crippen LogP contribution in [0.15, 0.2) is 48.5 Å². The fourth-order valence-electron chi connectivity index (χ4n) is 2.95. The average molecular weight is 358 g/mol. The van der Waals surface area contributed by atoms with Crippen molar-refractivity contribution in [2.75, 3.05) is 24.6 Å². The number of thioether (sulfide) groups is 1. The zero-order valence-corrected chi connectivity index (χ0v) is 15.2. The number of aryl methyl sites for hydroxylation is 1. The standard InChI is InChI=1S/C20H23FN2OS/c1-15-7-8-17(11-19(15)21)20(24)22-12-18-14-25-10-9-23(18)13-16-5-3-2-4-6-16/h2-8,11,18H,9-10,12-14H2,1H3,(H,22,24)/t18-/m1/s1. The van der Waals surface area contributed by atoms with E-state index in [0.717, 1.165) is 24.6 Å². The van der Waals surface area contributed by atoms with Gasteiger partial charge in [0, 0.05) is 42.7 Å². The molecule has 0 aliphatic carbocycles. The van der Waals surface area contributed by atoms with Gasteiger partial charge in [0.1, 0.15) is 5.82 Å². The predicted molar refractivity (Wildman–Crippen MR) is 101 cm³/mol. The van der Waals surface area contributed by atoms with Gasteiger partial charge in [0.05, 0.1) is 0 Å². The molecule has 1 saturated heterocycles. The van der Waals surface area contributed by atoms with E-state index in [-0.39, 0.29) is 11.7 Å². The largest absolute Gasteiger partial charge is 0.350 e. The smallest absolute Gasteiger partial charge is 0.251 e. The maximum absolute atomic E-state index is 13.6. The fourth-order valence-corrected chi connectivity index (χ4v) is 4.08. The van der Waals surface area contributed by atoms with E-state index < -0.39 is 0 Å². The van der Waals surface area contributed by atoms with Crippen LogP contribution in [0.2, 0.25) is 0 Å². The van der Waals surface area contributed by atoms with Crippen LogP contribution in [-0.4, -0.2) is 41.4 Å². The van der Waals surface area contributed by atoms with Gasteiger partial charge in [-0.1, -0.05) is 36.4 Å². The van der Waals surface area contributed by atoms with Crippen molar-refractivity contribution in [1.29, 1.82) is 0 Å². The molecule has 25 heavy (non-hydrogen) atoms. The second-order valence-corrected chi connectivity index (χ2v) is 7.51. The van der Waals surface area contributed by atoms with Crippen molar-refractivity contribution in [3.8, 4) is 0 Å². The molecule has 132 valence electrons. The van der Waals surface area contributed by atoms with Gasteiger partial charge in [0.15, 0.2) is 0 Å². The predicted octanol–water partition coefficient (Wildman–Crippen LogP) is 3.48. The normalized spacial score (nSPS) is 18.1. The third kappa shape index (κ3) is 4.83. The number of halogens is 1. The van der Waals surface area contributed by atoms with Gasteiger partial charge in [-0.3, -0.25) is 9.69 Å². The van der Waals surface area contributed by atoms with Crippen LogP contribution in [0.1, 0.15) is 21.5 Å². The van der Waals surface area contributed by atoms with Gasteiger partial charge in [0.2, 0.25) is 0 Å². The van der Waals surface area contributed by atoms with E-state index in [1.54, 1.807) is 19.1 Å². The molecule has 1 amide bonds. The molecule has 0 spiro atoms. The maximum Gasteiger partial charge on any atom is 0.251 e. The fraction of sp³-hybridized carbons (Fsp3) is 0.350. The van der Waals surface area contributed by atoms with Gasteiger partial charge >= 0.3 is 0 Å². The van der Waals surface area contributed by atoms with Crippen molar-refractivity contribution in [3.63, 3.8) is 0 Å². The summed E-state index contributed by atoms with van der Waals surface area (Å²) < 4.78 is 13.6. The highest BCUT2D eigenvalue weighted by Gasteiger charge is 2.23. The Labute approximate surface area is 152 Å². The average Bonchev–Trinajstić information content (AvgIpc) is 2.64. The summed E-state index contributed by atoms with van der Waals surface area (Å²) in [4.78, 5) is 14.7. The summed E-state index contributed by atoms with van der Waals surface area (Å²) in [5.41, 5.74) is 2.21. The van der Waals surface area contributed by atoms with E-state index in [1.165, 1.54) is 11.6 Å². The van der Waals surface area contributed by atoms with E-state index in [9.17, 15) is 9.18 Å². The van der Waals surface area contributed by atoms with E-state index in [0.29, 0.717) is 23.7 Å². The number of hydrogen-bond donors (Lipinski definition) is 1. The van der Waals surface area contributed by atoms with E-state index >= 15 is 0 Å². The summed E-state index contributed by atoms with van der Waals surface area (Å²) in [6.45, 7) is 4.17. The lowest BCUT2D eigenvalue weighted by Gasteiger charge is -2.35. The van der Waals surface area contributed by atoms with Crippen LogP contribution in [0.4, 0.5) is 4.39 Å². The molecule has 1 atom stereocenters. The molecule has 3 rings (SSSR count). The SMILES string of the molecule is Cc1ccc(C(=O)NC[C@@H]2CSCCN2Cc2ccccc2)cc1F. The Morgan fingerprint density at radius 1 is 1.28 bits per heavy atom. The summed E-state index contributed by atoms with van der Waals surface area (Å²) in [6, 6.07) is 15.3. The molecule has 1 heterocycles. The molecule has 2 aromatic carbocycles. The molecule has 2 aromatic rings. The molecule has 1 aliphatic heterocycles. The Morgan fingerprint density at radius 3 is 2.84 bits per heavy atom. The van der Waals surface area contributed by atoms with E-state index in [4.69, 9.17) is 0 Å². The van der Waals surface area contributed by atoms with Crippen molar-refractivity contribution >= 4 is 17.7 Å². The quantitative estimate of drug-likeness (QED) is 0.888. The van der Waals surface area contributed by atoms with Crippen molar-refractivity contribution < 1.29 is 9.18 Å². The van der Waals surface area contributed by atoms with Crippen LogP contribution in [0.3, 0.4) is 0 Å². The number of nitrogens with one attached hydrogen (secondary N) is 1. The van der Waals surface area contributed by atoms with Crippen LogP contribution in [-0.2, 0) is 6.54 Å². The van der Waals surface area contributed by atoms with Gasteiger partial charge in [-0.25, -0.2) is 4.39 Å². The van der Waals surface area contributed by atoms with Crippen LogP contribution >= 0.6 is 11.8 Å². The molecule has 3 nitrogen and oxygen atoms in total. The first-order valence-corrected chi connectivity index (χ1v) is 9.69. The Morgan fingerprint density at radius 2 is 2.08 bits per heavy atom. The Balaban J connectivity index is 1.59. The summed E-state index contributed by atoms with van der Waals surface area (Å²) in [6.07, 6.45) is 0. The molecule has 0 saturated carbocycles. The highest BCUT2D eigenvalue weighted by atomic mass is 32.2. The zero-order chi connectivity index (χ0) is 17.6. The third-order valence-electron chi connectivity index (χ3n) is 4.51. The number of amides is 1. The van der Waals surface area contributed by atoms with Crippen molar-refractivity contribution in [2.45, 2.75) is 19.5 Å². The minimum absolute atomic E-state index is 0.214. The molecule has 0 aromatic heterocycles. The summed E-state index contributed by atoms with van der Waals surface area (Å²) in [5.74, 6) is 1.55. The van der Waals surface area contributed by atoms with E-state index in [1.807, 2.05) is 17.8 Å². The number of carbonyl (C=O) groups is 1. The lowest BCUT2D eigenvalue weighted by molar-refractivity contribution is 0.0935. The molecule has 5 heteroatoms. The molecule has 1 fully saturated rings. The molecule has 0 unspecified atom stereocenters. The first kappa shape index (κ1) is 18.0. The minimum atomic E-state index is -0.341. The van der Waals surface area contributed by atoms with Crippen LogP contribution < -0.4 is 5.32 Å². The second kappa shape index (κ2) is 8.50. The summed E-state index contributed by atoms with van der Waals surface area (Å²) in [7, 11) is 0. The molecule has 0 radical (unpaired) electrons. The van der Waals surface area contributed by atoms with E-state index in [2.05, 4.69) is 34.5 Å². The Hall–Kier alpha value is -1.85. The Kier molecular flexibility index (Phi) is 6.10. The molecular weight excluding hydrogens is 335 g/mol. The van der Waals surface area contributed by atoms with Gasteiger partial charge in [-0.05, 0) is 30.2 Å². The molecule has 1 aliphatic rings. The van der Waals surface area contributed by atoms with Crippen molar-refractivity contribution in [3.05, 3.63) is 71.0 Å². The first-order chi connectivity index (χ1) is 12.1. The molecular formula is C20H23FN2OS. The summed E-state index contributed by atoms with van der Waals surface area (Å²) in [5, 5.41) is 2.97. The highest BCUT2D eigenvalue weighted by molar-refractivity contribution is 7.99. The lowest BCUT2D eigenvalue weighted by Crippen LogP contribution is -2.48. The Bertz CT molecular complexity index is 723. The summed E-state index contributed by atoms with van der Waals surface area (Å²) >= 11 is 1.92. The van der Waals surface area contributed by atoms with Crippen LogP contribution in [0, 0.1) is 12.7 Å². The molecule has 0 bridgehead atoms. The number of benzene rings is 2. The third-order valence-corrected chi connectivity index (χ3v) is 5.60.